The van der Waals surface area contributed by atoms with E-state index in [0.29, 0.717) is 19.5 Å². The van der Waals surface area contributed by atoms with Crippen LogP contribution >= 0.6 is 0 Å². The molecule has 0 radical (unpaired) electrons. The Morgan fingerprint density at radius 1 is 1.40 bits per heavy atom. The van der Waals surface area contributed by atoms with Crippen LogP contribution in [0.3, 0.4) is 0 Å². The number of carbonyl (C=O) groups is 1. The third-order valence-electron chi connectivity index (χ3n) is 3.89. The molecule has 0 aliphatic rings. The van der Waals surface area contributed by atoms with E-state index in [2.05, 4.69) is 18.9 Å². The summed E-state index contributed by atoms with van der Waals surface area (Å²) in [5.41, 5.74) is 9.02. The lowest BCUT2D eigenvalue weighted by Crippen LogP contribution is -2.39. The van der Waals surface area contributed by atoms with Crippen molar-refractivity contribution in [1.82, 2.24) is 14.7 Å². The summed E-state index contributed by atoms with van der Waals surface area (Å²) in [7, 11) is 3.78. The molecule has 1 aromatic rings. The lowest BCUT2D eigenvalue weighted by atomic mass is 9.93. The molecule has 0 aromatic carbocycles. The maximum absolute atomic E-state index is 12.2. The summed E-state index contributed by atoms with van der Waals surface area (Å²) in [6.07, 6.45) is 1.27. The quantitative estimate of drug-likeness (QED) is 0.857. The molecule has 0 atom stereocenters. The second kappa shape index (κ2) is 6.39. The van der Waals surface area contributed by atoms with Crippen molar-refractivity contribution in [2.45, 2.75) is 40.5 Å². The summed E-state index contributed by atoms with van der Waals surface area (Å²) in [6, 6.07) is 0. The van der Waals surface area contributed by atoms with Crippen LogP contribution in [-0.4, -0.2) is 40.7 Å². The van der Waals surface area contributed by atoms with Crippen LogP contribution in [0, 0.1) is 19.3 Å². The Kier molecular flexibility index (Phi) is 5.34. The Hall–Kier alpha value is -1.36. The van der Waals surface area contributed by atoms with E-state index in [-0.39, 0.29) is 11.3 Å². The van der Waals surface area contributed by atoms with Crippen molar-refractivity contribution >= 4 is 5.91 Å². The second-order valence-electron chi connectivity index (χ2n) is 6.39. The van der Waals surface area contributed by atoms with Gasteiger partial charge < -0.3 is 10.6 Å². The van der Waals surface area contributed by atoms with Gasteiger partial charge in [0.25, 0.3) is 0 Å². The van der Waals surface area contributed by atoms with Crippen molar-refractivity contribution in [3.8, 4) is 0 Å². The molecule has 1 heterocycles. The highest BCUT2D eigenvalue weighted by Crippen LogP contribution is 2.17. The summed E-state index contributed by atoms with van der Waals surface area (Å²) >= 11 is 0. The predicted octanol–water partition coefficient (Wildman–Crippen LogP) is 1.41. The summed E-state index contributed by atoms with van der Waals surface area (Å²) in [6.45, 7) is 9.45. The molecule has 0 spiro atoms. The molecule has 20 heavy (non-hydrogen) atoms. The maximum Gasteiger partial charge on any atom is 0.222 e. The zero-order valence-electron chi connectivity index (χ0n) is 13.7. The predicted molar refractivity (Wildman–Crippen MR) is 81.5 cm³/mol. The monoisotopic (exact) mass is 280 g/mol. The number of hydrogen-bond donors (Lipinski definition) is 1. The van der Waals surface area contributed by atoms with Crippen LogP contribution in [0.25, 0.3) is 0 Å². The minimum absolute atomic E-state index is 0.0372. The Morgan fingerprint density at radius 2 is 2.00 bits per heavy atom. The molecule has 0 saturated heterocycles. The fourth-order valence-electron chi connectivity index (χ4n) is 2.40. The number of aryl methyl sites for hydroxylation is 2. The average molecular weight is 280 g/mol. The highest BCUT2D eigenvalue weighted by Gasteiger charge is 2.21. The molecule has 1 rings (SSSR count). The van der Waals surface area contributed by atoms with Crippen molar-refractivity contribution in [3.05, 3.63) is 17.0 Å². The normalized spacial score (nSPS) is 11.8. The maximum atomic E-state index is 12.2. The van der Waals surface area contributed by atoms with E-state index >= 15 is 0 Å². The van der Waals surface area contributed by atoms with Crippen LogP contribution < -0.4 is 5.73 Å². The molecule has 0 fully saturated rings. The molecule has 0 aliphatic carbocycles. The zero-order chi connectivity index (χ0) is 15.5. The molecule has 1 amide bonds. The standard InChI is InChI=1S/C15H28N4O/c1-11-13(12(2)19(6)17-11)7-8-14(20)18(5)10-15(3,4)9-16/h7-10,16H2,1-6H3. The van der Waals surface area contributed by atoms with E-state index in [1.54, 1.807) is 4.90 Å². The Balaban J connectivity index is 2.59. The fourth-order valence-corrected chi connectivity index (χ4v) is 2.40. The van der Waals surface area contributed by atoms with Gasteiger partial charge in [-0.15, -0.1) is 0 Å². The first-order chi connectivity index (χ1) is 9.18. The van der Waals surface area contributed by atoms with Crippen LogP contribution in [-0.2, 0) is 18.3 Å². The van der Waals surface area contributed by atoms with Crippen molar-refractivity contribution in [2.75, 3.05) is 20.1 Å². The lowest BCUT2D eigenvalue weighted by Gasteiger charge is -2.29. The van der Waals surface area contributed by atoms with Gasteiger partial charge in [-0.05, 0) is 37.8 Å². The van der Waals surface area contributed by atoms with Gasteiger partial charge >= 0.3 is 0 Å². The molecule has 2 N–H and O–H groups in total. The van der Waals surface area contributed by atoms with Crippen molar-refractivity contribution in [2.24, 2.45) is 18.2 Å². The molecular weight excluding hydrogens is 252 g/mol. The molecule has 1 aromatic heterocycles. The van der Waals surface area contributed by atoms with Crippen molar-refractivity contribution < 1.29 is 4.79 Å². The smallest absolute Gasteiger partial charge is 0.222 e. The van der Waals surface area contributed by atoms with Gasteiger partial charge in [0.1, 0.15) is 0 Å². The van der Waals surface area contributed by atoms with Gasteiger partial charge in [-0.25, -0.2) is 0 Å². The van der Waals surface area contributed by atoms with Crippen molar-refractivity contribution in [1.29, 1.82) is 0 Å². The molecule has 0 bridgehead atoms. The number of aromatic nitrogens is 2. The summed E-state index contributed by atoms with van der Waals surface area (Å²) < 4.78 is 1.87. The number of rotatable bonds is 6. The first-order valence-corrected chi connectivity index (χ1v) is 7.11. The first-order valence-electron chi connectivity index (χ1n) is 7.11. The molecule has 5 nitrogen and oxygen atoms in total. The van der Waals surface area contributed by atoms with Crippen LogP contribution in [0.4, 0.5) is 0 Å². The van der Waals surface area contributed by atoms with E-state index in [0.717, 1.165) is 17.8 Å². The van der Waals surface area contributed by atoms with Gasteiger partial charge in [0.2, 0.25) is 5.91 Å². The molecule has 0 unspecified atom stereocenters. The van der Waals surface area contributed by atoms with Gasteiger partial charge in [0.15, 0.2) is 0 Å². The van der Waals surface area contributed by atoms with Gasteiger partial charge in [0.05, 0.1) is 5.69 Å². The summed E-state index contributed by atoms with van der Waals surface area (Å²) in [5, 5.41) is 4.38. The highest BCUT2D eigenvalue weighted by atomic mass is 16.2. The molecular formula is C15H28N4O. The summed E-state index contributed by atoms with van der Waals surface area (Å²) in [4.78, 5) is 14.0. The average Bonchev–Trinajstić information content (AvgIpc) is 2.60. The zero-order valence-corrected chi connectivity index (χ0v) is 13.7. The SMILES string of the molecule is Cc1nn(C)c(C)c1CCC(=O)N(C)CC(C)(C)CN. The number of amides is 1. The number of nitrogens with zero attached hydrogens (tertiary/aromatic N) is 3. The van der Waals surface area contributed by atoms with Crippen LogP contribution in [0.5, 0.6) is 0 Å². The second-order valence-corrected chi connectivity index (χ2v) is 6.39. The minimum atomic E-state index is -0.0372. The molecule has 114 valence electrons. The fraction of sp³-hybridized carbons (Fsp3) is 0.733. The summed E-state index contributed by atoms with van der Waals surface area (Å²) in [5.74, 6) is 0.161. The minimum Gasteiger partial charge on any atom is -0.345 e. The largest absolute Gasteiger partial charge is 0.345 e. The molecule has 5 heteroatoms. The van der Waals surface area contributed by atoms with Crippen LogP contribution in [0.15, 0.2) is 0 Å². The third kappa shape index (κ3) is 4.07. The van der Waals surface area contributed by atoms with Crippen LogP contribution in [0.2, 0.25) is 0 Å². The Morgan fingerprint density at radius 3 is 2.45 bits per heavy atom. The number of nitrogens with two attached hydrogens (primary N) is 1. The molecule has 0 aliphatic heterocycles. The molecule has 0 saturated carbocycles. The van der Waals surface area contributed by atoms with E-state index < -0.39 is 0 Å². The Bertz CT molecular complexity index is 476. The van der Waals surface area contributed by atoms with E-state index in [9.17, 15) is 4.79 Å². The topological polar surface area (TPSA) is 64.2 Å². The first kappa shape index (κ1) is 16.7. The van der Waals surface area contributed by atoms with Crippen molar-refractivity contribution in [3.63, 3.8) is 0 Å². The third-order valence-corrected chi connectivity index (χ3v) is 3.89. The van der Waals surface area contributed by atoms with Gasteiger partial charge in [-0.3, -0.25) is 9.48 Å². The van der Waals surface area contributed by atoms with E-state index in [1.165, 1.54) is 5.56 Å². The van der Waals surface area contributed by atoms with E-state index in [1.807, 2.05) is 32.6 Å². The van der Waals surface area contributed by atoms with Gasteiger partial charge in [0, 0.05) is 32.8 Å². The van der Waals surface area contributed by atoms with E-state index in [4.69, 9.17) is 5.73 Å². The Labute approximate surface area is 122 Å². The van der Waals surface area contributed by atoms with Gasteiger partial charge in [-0.2, -0.15) is 5.10 Å². The highest BCUT2D eigenvalue weighted by molar-refractivity contribution is 5.76. The lowest BCUT2D eigenvalue weighted by molar-refractivity contribution is -0.131. The number of hydrogen-bond acceptors (Lipinski definition) is 3. The van der Waals surface area contributed by atoms with Gasteiger partial charge in [-0.1, -0.05) is 13.8 Å². The van der Waals surface area contributed by atoms with Crippen LogP contribution in [0.1, 0.15) is 37.2 Å². The number of carbonyl (C=O) groups excluding carboxylic acids is 1.